The van der Waals surface area contributed by atoms with Gasteiger partial charge in [-0.1, -0.05) is 12.1 Å². The fraction of sp³-hybridized carbons (Fsp3) is 0.200. The van der Waals surface area contributed by atoms with Gasteiger partial charge in [0.1, 0.15) is 5.56 Å². The SMILES string of the molecule is C[C@H](NC(=O)c1ccc[n+]([O-])c1)c1cccc(C(F)(F)F)c1. The highest BCUT2D eigenvalue weighted by Crippen LogP contribution is 2.30. The summed E-state index contributed by atoms with van der Waals surface area (Å²) in [4.78, 5) is 12.0. The number of nitrogens with one attached hydrogen (secondary N) is 1. The zero-order chi connectivity index (χ0) is 16.3. The Labute approximate surface area is 124 Å². The van der Waals surface area contributed by atoms with Crippen LogP contribution in [0.4, 0.5) is 13.2 Å². The number of halogens is 3. The van der Waals surface area contributed by atoms with Crippen molar-refractivity contribution in [2.75, 3.05) is 0 Å². The minimum absolute atomic E-state index is 0.135. The predicted octanol–water partition coefficient (Wildman–Crippen LogP) is 2.83. The minimum atomic E-state index is -4.44. The number of amides is 1. The number of pyridine rings is 1. The number of nitrogens with zero attached hydrogens (tertiary/aromatic N) is 1. The van der Waals surface area contributed by atoms with Crippen LogP contribution in [0.15, 0.2) is 48.8 Å². The van der Waals surface area contributed by atoms with Gasteiger partial charge in [-0.3, -0.25) is 4.79 Å². The van der Waals surface area contributed by atoms with Crippen molar-refractivity contribution in [1.29, 1.82) is 0 Å². The molecular formula is C15H13F3N2O2. The van der Waals surface area contributed by atoms with E-state index in [4.69, 9.17) is 0 Å². The first-order valence-corrected chi connectivity index (χ1v) is 6.44. The van der Waals surface area contributed by atoms with Gasteiger partial charge in [-0.25, -0.2) is 0 Å². The van der Waals surface area contributed by atoms with Crippen molar-refractivity contribution in [1.82, 2.24) is 5.32 Å². The molecule has 0 aliphatic rings. The van der Waals surface area contributed by atoms with Crippen molar-refractivity contribution in [3.05, 3.63) is 70.7 Å². The molecule has 116 valence electrons. The number of benzene rings is 1. The molecule has 1 N–H and O–H groups in total. The molecule has 0 spiro atoms. The Morgan fingerprint density at radius 2 is 2.00 bits per heavy atom. The maximum Gasteiger partial charge on any atom is 0.416 e. The Bertz CT molecular complexity index is 686. The van der Waals surface area contributed by atoms with Crippen molar-refractivity contribution in [2.45, 2.75) is 19.1 Å². The van der Waals surface area contributed by atoms with Crippen LogP contribution in [0.25, 0.3) is 0 Å². The molecular weight excluding hydrogens is 297 g/mol. The Morgan fingerprint density at radius 3 is 2.64 bits per heavy atom. The first kappa shape index (κ1) is 15.8. The summed E-state index contributed by atoms with van der Waals surface area (Å²) >= 11 is 0. The molecule has 1 amide bonds. The Morgan fingerprint density at radius 1 is 1.27 bits per heavy atom. The van der Waals surface area contributed by atoms with Gasteiger partial charge >= 0.3 is 6.18 Å². The monoisotopic (exact) mass is 310 g/mol. The van der Waals surface area contributed by atoms with E-state index < -0.39 is 23.7 Å². The lowest BCUT2D eigenvalue weighted by Gasteiger charge is -2.16. The summed E-state index contributed by atoms with van der Waals surface area (Å²) in [7, 11) is 0. The van der Waals surface area contributed by atoms with E-state index in [-0.39, 0.29) is 5.56 Å². The van der Waals surface area contributed by atoms with Gasteiger partial charge < -0.3 is 10.5 Å². The van der Waals surface area contributed by atoms with Gasteiger partial charge in [-0.2, -0.15) is 17.9 Å². The van der Waals surface area contributed by atoms with E-state index >= 15 is 0 Å². The molecule has 0 unspecified atom stereocenters. The number of carbonyl (C=O) groups excluding carboxylic acids is 1. The second-order valence-electron chi connectivity index (χ2n) is 4.77. The largest absolute Gasteiger partial charge is 0.619 e. The molecule has 0 fully saturated rings. The van der Waals surface area contributed by atoms with Crippen molar-refractivity contribution in [3.8, 4) is 0 Å². The van der Waals surface area contributed by atoms with Crippen molar-refractivity contribution in [3.63, 3.8) is 0 Å². The maximum absolute atomic E-state index is 12.7. The summed E-state index contributed by atoms with van der Waals surface area (Å²) in [5, 5.41) is 13.7. The number of hydrogen-bond acceptors (Lipinski definition) is 2. The van der Waals surface area contributed by atoms with Crippen LogP contribution in [0.3, 0.4) is 0 Å². The zero-order valence-electron chi connectivity index (χ0n) is 11.6. The quantitative estimate of drug-likeness (QED) is 0.700. The third-order valence-corrected chi connectivity index (χ3v) is 3.10. The molecule has 0 aliphatic heterocycles. The fourth-order valence-corrected chi connectivity index (χ4v) is 1.94. The van der Waals surface area contributed by atoms with Gasteiger partial charge in [0.05, 0.1) is 11.6 Å². The van der Waals surface area contributed by atoms with Gasteiger partial charge in [-0.15, -0.1) is 0 Å². The highest BCUT2D eigenvalue weighted by molar-refractivity contribution is 5.93. The van der Waals surface area contributed by atoms with E-state index in [0.29, 0.717) is 10.3 Å². The highest BCUT2D eigenvalue weighted by Gasteiger charge is 2.30. The number of alkyl halides is 3. The van der Waals surface area contributed by atoms with Crippen LogP contribution in [-0.2, 0) is 6.18 Å². The average Bonchev–Trinajstić information content (AvgIpc) is 2.46. The molecule has 2 rings (SSSR count). The summed E-state index contributed by atoms with van der Waals surface area (Å²) in [5.41, 5.74) is -0.311. The molecule has 1 heterocycles. The van der Waals surface area contributed by atoms with Gasteiger partial charge in [-0.05, 0) is 30.7 Å². The lowest BCUT2D eigenvalue weighted by atomic mass is 10.0. The highest BCUT2D eigenvalue weighted by atomic mass is 19.4. The summed E-state index contributed by atoms with van der Waals surface area (Å²) in [6.45, 7) is 1.57. The van der Waals surface area contributed by atoms with Gasteiger partial charge in [0, 0.05) is 6.07 Å². The van der Waals surface area contributed by atoms with E-state index in [1.54, 1.807) is 6.92 Å². The molecule has 22 heavy (non-hydrogen) atoms. The minimum Gasteiger partial charge on any atom is -0.619 e. The van der Waals surface area contributed by atoms with Gasteiger partial charge in [0.25, 0.3) is 5.91 Å². The van der Waals surface area contributed by atoms with E-state index in [2.05, 4.69) is 5.32 Å². The number of carbonyl (C=O) groups is 1. The molecule has 0 radical (unpaired) electrons. The lowest BCUT2D eigenvalue weighted by Crippen LogP contribution is -2.31. The topological polar surface area (TPSA) is 56.0 Å². The summed E-state index contributed by atoms with van der Waals surface area (Å²) in [5.74, 6) is -0.532. The third kappa shape index (κ3) is 3.75. The van der Waals surface area contributed by atoms with Crippen LogP contribution in [0, 0.1) is 5.21 Å². The number of rotatable bonds is 3. The fourth-order valence-electron chi connectivity index (χ4n) is 1.94. The van der Waals surface area contributed by atoms with E-state index in [0.717, 1.165) is 18.3 Å². The molecule has 1 aromatic heterocycles. The number of aromatic nitrogens is 1. The molecule has 0 saturated heterocycles. The van der Waals surface area contributed by atoms with Crippen LogP contribution in [0.1, 0.15) is 34.5 Å². The van der Waals surface area contributed by atoms with Crippen LogP contribution in [-0.4, -0.2) is 5.91 Å². The first-order valence-electron chi connectivity index (χ1n) is 6.44. The Kier molecular flexibility index (Phi) is 4.35. The molecule has 4 nitrogen and oxygen atoms in total. The standard InChI is InChI=1S/C15H13F3N2O2/c1-10(11-4-2-6-13(8-11)15(16,17)18)19-14(21)12-5-3-7-20(22)9-12/h2-10H,1H3,(H,19,21)/t10-/m0/s1. The second-order valence-corrected chi connectivity index (χ2v) is 4.77. The second kappa shape index (κ2) is 6.05. The van der Waals surface area contributed by atoms with Crippen LogP contribution in [0.5, 0.6) is 0 Å². The first-order chi connectivity index (χ1) is 10.3. The number of hydrogen-bond donors (Lipinski definition) is 1. The van der Waals surface area contributed by atoms with Gasteiger partial charge in [0.15, 0.2) is 12.4 Å². The van der Waals surface area contributed by atoms with Crippen LogP contribution >= 0.6 is 0 Å². The van der Waals surface area contributed by atoms with Crippen LogP contribution < -0.4 is 10.0 Å². The summed E-state index contributed by atoms with van der Waals surface area (Å²) < 4.78 is 38.5. The van der Waals surface area contributed by atoms with Crippen molar-refractivity contribution < 1.29 is 22.7 Å². The molecule has 0 saturated carbocycles. The molecule has 1 aromatic carbocycles. The lowest BCUT2D eigenvalue weighted by molar-refractivity contribution is -0.605. The van der Waals surface area contributed by atoms with Gasteiger partial charge in [0.2, 0.25) is 0 Å². The summed E-state index contributed by atoms with van der Waals surface area (Å²) in [6, 6.07) is 6.97. The molecule has 7 heteroatoms. The molecule has 2 aromatic rings. The van der Waals surface area contributed by atoms with E-state index in [9.17, 15) is 23.2 Å². The maximum atomic E-state index is 12.7. The average molecular weight is 310 g/mol. The molecule has 0 bridgehead atoms. The predicted molar refractivity (Wildman–Crippen MR) is 72.7 cm³/mol. The van der Waals surface area contributed by atoms with E-state index in [1.165, 1.54) is 30.5 Å². The Balaban J connectivity index is 2.15. The third-order valence-electron chi connectivity index (χ3n) is 3.10. The van der Waals surface area contributed by atoms with Crippen molar-refractivity contribution >= 4 is 5.91 Å². The normalized spacial score (nSPS) is 12.7. The van der Waals surface area contributed by atoms with Crippen LogP contribution in [0.2, 0.25) is 0 Å². The van der Waals surface area contributed by atoms with Crippen molar-refractivity contribution in [2.24, 2.45) is 0 Å². The van der Waals surface area contributed by atoms with E-state index in [1.807, 2.05) is 0 Å². The summed E-state index contributed by atoms with van der Waals surface area (Å²) in [6.07, 6.45) is -2.12. The smallest absolute Gasteiger partial charge is 0.416 e. The molecule has 0 aliphatic carbocycles. The zero-order valence-corrected chi connectivity index (χ0v) is 11.6. The molecule has 1 atom stereocenters. The Hall–Kier alpha value is -2.57.